The van der Waals surface area contributed by atoms with E-state index in [1.807, 2.05) is 38.2 Å². The van der Waals surface area contributed by atoms with E-state index in [4.69, 9.17) is 4.98 Å². The van der Waals surface area contributed by atoms with E-state index in [9.17, 15) is 4.79 Å². The molecule has 112 valence electrons. The lowest BCUT2D eigenvalue weighted by molar-refractivity contribution is -0.121. The SMILES string of the molecule is Cc1cc(C2CC(=O)NCc3nc4c(C)cccn4c32)n[nH]1. The van der Waals surface area contributed by atoms with Crippen molar-refractivity contribution >= 4 is 11.6 Å². The van der Waals surface area contributed by atoms with Crippen molar-refractivity contribution in [3.63, 3.8) is 0 Å². The van der Waals surface area contributed by atoms with Crippen LogP contribution in [0.3, 0.4) is 0 Å². The standard InChI is InChI=1S/C16H17N5O/c1-9-4-3-5-21-15-11(12-6-10(2)19-20-12)7-14(22)17-8-13(15)18-16(9)21/h3-6,11H,7-8H2,1-2H3,(H,17,22)(H,19,20). The number of aromatic nitrogens is 4. The van der Waals surface area contributed by atoms with Crippen LogP contribution in [-0.2, 0) is 11.3 Å². The monoisotopic (exact) mass is 295 g/mol. The molecule has 0 aliphatic carbocycles. The van der Waals surface area contributed by atoms with Gasteiger partial charge in [0.05, 0.1) is 29.5 Å². The third-order valence-corrected chi connectivity index (χ3v) is 4.21. The van der Waals surface area contributed by atoms with Crippen molar-refractivity contribution in [1.29, 1.82) is 0 Å². The molecule has 0 bridgehead atoms. The second-order valence-corrected chi connectivity index (χ2v) is 5.84. The molecule has 0 saturated heterocycles. The van der Waals surface area contributed by atoms with Gasteiger partial charge in [0, 0.05) is 18.3 Å². The normalized spacial score (nSPS) is 18.1. The molecule has 1 aliphatic rings. The summed E-state index contributed by atoms with van der Waals surface area (Å²) in [5.41, 5.74) is 5.93. The average Bonchev–Trinajstić information content (AvgIpc) is 3.03. The van der Waals surface area contributed by atoms with Gasteiger partial charge in [-0.2, -0.15) is 5.10 Å². The van der Waals surface area contributed by atoms with Crippen molar-refractivity contribution in [2.75, 3.05) is 0 Å². The van der Waals surface area contributed by atoms with Crippen LogP contribution in [-0.4, -0.2) is 25.5 Å². The zero-order valence-electron chi connectivity index (χ0n) is 12.6. The molecule has 1 atom stereocenters. The van der Waals surface area contributed by atoms with Crippen LogP contribution in [0.25, 0.3) is 5.65 Å². The number of pyridine rings is 1. The van der Waals surface area contributed by atoms with E-state index in [2.05, 4.69) is 19.9 Å². The van der Waals surface area contributed by atoms with Crippen LogP contribution < -0.4 is 5.32 Å². The minimum Gasteiger partial charge on any atom is -0.350 e. The lowest BCUT2D eigenvalue weighted by Gasteiger charge is -2.12. The van der Waals surface area contributed by atoms with Crippen molar-refractivity contribution in [2.24, 2.45) is 0 Å². The Morgan fingerprint density at radius 2 is 2.23 bits per heavy atom. The molecule has 1 amide bonds. The molecule has 0 fully saturated rings. The molecule has 4 rings (SSSR count). The molecule has 1 aliphatic heterocycles. The minimum atomic E-state index is -0.0840. The molecule has 3 aromatic heterocycles. The minimum absolute atomic E-state index is 0.0325. The van der Waals surface area contributed by atoms with E-state index >= 15 is 0 Å². The Morgan fingerprint density at radius 1 is 1.36 bits per heavy atom. The van der Waals surface area contributed by atoms with Gasteiger partial charge in [-0.25, -0.2) is 4.98 Å². The summed E-state index contributed by atoms with van der Waals surface area (Å²) in [4.78, 5) is 16.8. The van der Waals surface area contributed by atoms with Crippen molar-refractivity contribution in [3.05, 3.63) is 52.7 Å². The molecule has 4 heterocycles. The molecule has 3 aromatic rings. The van der Waals surface area contributed by atoms with E-state index in [0.717, 1.165) is 34.0 Å². The van der Waals surface area contributed by atoms with Gasteiger partial charge in [0.2, 0.25) is 5.91 Å². The zero-order chi connectivity index (χ0) is 15.3. The van der Waals surface area contributed by atoms with E-state index in [1.54, 1.807) is 0 Å². The summed E-state index contributed by atoms with van der Waals surface area (Å²) >= 11 is 0. The Kier molecular flexibility index (Phi) is 2.79. The van der Waals surface area contributed by atoms with Crippen molar-refractivity contribution in [1.82, 2.24) is 24.9 Å². The number of rotatable bonds is 1. The molecule has 0 saturated carbocycles. The maximum absolute atomic E-state index is 12.1. The van der Waals surface area contributed by atoms with E-state index < -0.39 is 0 Å². The van der Waals surface area contributed by atoms with E-state index in [1.165, 1.54) is 0 Å². The first-order valence-corrected chi connectivity index (χ1v) is 7.38. The quantitative estimate of drug-likeness (QED) is 0.719. The lowest BCUT2D eigenvalue weighted by atomic mass is 9.96. The fraction of sp³-hybridized carbons (Fsp3) is 0.312. The summed E-state index contributed by atoms with van der Waals surface area (Å²) < 4.78 is 2.10. The molecule has 0 spiro atoms. The van der Waals surface area contributed by atoms with Crippen LogP contribution in [0.2, 0.25) is 0 Å². The fourth-order valence-corrected chi connectivity index (χ4v) is 3.17. The third-order valence-electron chi connectivity index (χ3n) is 4.21. The highest BCUT2D eigenvalue weighted by atomic mass is 16.1. The first kappa shape index (κ1) is 13.1. The predicted molar refractivity (Wildman–Crippen MR) is 81.6 cm³/mol. The van der Waals surface area contributed by atoms with Crippen LogP contribution in [0, 0.1) is 13.8 Å². The highest BCUT2D eigenvalue weighted by Gasteiger charge is 2.30. The second kappa shape index (κ2) is 4.69. The number of carbonyl (C=O) groups is 1. The van der Waals surface area contributed by atoms with Gasteiger partial charge in [-0.1, -0.05) is 6.07 Å². The van der Waals surface area contributed by atoms with Crippen molar-refractivity contribution in [2.45, 2.75) is 32.7 Å². The number of hydrogen-bond acceptors (Lipinski definition) is 3. The summed E-state index contributed by atoms with van der Waals surface area (Å²) in [5.74, 6) is -0.0516. The van der Waals surface area contributed by atoms with Crippen molar-refractivity contribution < 1.29 is 4.79 Å². The predicted octanol–water partition coefficient (Wildman–Crippen LogP) is 1.83. The number of aryl methyl sites for hydroxylation is 2. The third kappa shape index (κ3) is 1.91. The Bertz CT molecular complexity index is 876. The number of aromatic amines is 1. The van der Waals surface area contributed by atoms with Gasteiger partial charge in [0.15, 0.2) is 0 Å². The number of nitrogens with one attached hydrogen (secondary N) is 2. The first-order chi connectivity index (χ1) is 10.6. The number of imidazole rings is 1. The maximum Gasteiger partial charge on any atom is 0.221 e. The van der Waals surface area contributed by atoms with E-state index in [0.29, 0.717) is 13.0 Å². The Hall–Kier alpha value is -2.63. The first-order valence-electron chi connectivity index (χ1n) is 7.38. The van der Waals surface area contributed by atoms with Crippen LogP contribution in [0.4, 0.5) is 0 Å². The van der Waals surface area contributed by atoms with Gasteiger partial charge in [-0.15, -0.1) is 0 Å². The number of carbonyl (C=O) groups excluding carboxylic acids is 1. The Balaban J connectivity index is 1.98. The van der Waals surface area contributed by atoms with Gasteiger partial charge in [-0.05, 0) is 31.5 Å². The number of amides is 1. The molecular weight excluding hydrogens is 278 g/mol. The Labute approximate surface area is 127 Å². The van der Waals surface area contributed by atoms with Gasteiger partial charge < -0.3 is 9.72 Å². The number of nitrogens with zero attached hydrogens (tertiary/aromatic N) is 3. The average molecular weight is 295 g/mol. The summed E-state index contributed by atoms with van der Waals surface area (Å²) in [7, 11) is 0. The Morgan fingerprint density at radius 3 is 3.00 bits per heavy atom. The van der Waals surface area contributed by atoms with Gasteiger partial charge >= 0.3 is 0 Å². The number of H-pyrrole nitrogens is 1. The molecule has 22 heavy (non-hydrogen) atoms. The number of fused-ring (bicyclic) bond motifs is 3. The summed E-state index contributed by atoms with van der Waals surface area (Å²) in [6.45, 7) is 4.48. The molecule has 0 aromatic carbocycles. The fourth-order valence-electron chi connectivity index (χ4n) is 3.17. The van der Waals surface area contributed by atoms with Gasteiger partial charge in [-0.3, -0.25) is 9.89 Å². The molecule has 6 nitrogen and oxygen atoms in total. The summed E-state index contributed by atoms with van der Waals surface area (Å²) in [6.07, 6.45) is 2.40. The van der Waals surface area contributed by atoms with Crippen LogP contribution >= 0.6 is 0 Å². The highest BCUT2D eigenvalue weighted by molar-refractivity contribution is 5.78. The smallest absolute Gasteiger partial charge is 0.221 e. The van der Waals surface area contributed by atoms with E-state index in [-0.39, 0.29) is 11.8 Å². The van der Waals surface area contributed by atoms with Gasteiger partial charge in [0.25, 0.3) is 0 Å². The van der Waals surface area contributed by atoms with Crippen LogP contribution in [0.1, 0.15) is 40.7 Å². The molecule has 6 heteroatoms. The summed E-state index contributed by atoms with van der Waals surface area (Å²) in [6, 6.07) is 6.06. The van der Waals surface area contributed by atoms with Crippen LogP contribution in [0.15, 0.2) is 24.4 Å². The molecule has 2 N–H and O–H groups in total. The van der Waals surface area contributed by atoms with Gasteiger partial charge in [0.1, 0.15) is 5.65 Å². The zero-order valence-corrected chi connectivity index (χ0v) is 12.6. The summed E-state index contributed by atoms with van der Waals surface area (Å²) in [5, 5.41) is 10.3. The lowest BCUT2D eigenvalue weighted by Crippen LogP contribution is -2.21. The van der Waals surface area contributed by atoms with Crippen molar-refractivity contribution in [3.8, 4) is 0 Å². The largest absolute Gasteiger partial charge is 0.350 e. The maximum atomic E-state index is 12.1. The highest BCUT2D eigenvalue weighted by Crippen LogP contribution is 2.32. The number of hydrogen-bond donors (Lipinski definition) is 2. The van der Waals surface area contributed by atoms with Crippen LogP contribution in [0.5, 0.6) is 0 Å². The molecular formula is C16H17N5O. The molecule has 1 unspecified atom stereocenters. The second-order valence-electron chi connectivity index (χ2n) is 5.84. The molecule has 0 radical (unpaired) electrons. The topological polar surface area (TPSA) is 75.1 Å².